The van der Waals surface area contributed by atoms with E-state index >= 15 is 0 Å². The van der Waals surface area contributed by atoms with Crippen LogP contribution in [0.15, 0.2) is 30.4 Å². The summed E-state index contributed by atoms with van der Waals surface area (Å²) in [6, 6.07) is 3.86. The van der Waals surface area contributed by atoms with E-state index in [2.05, 4.69) is 6.92 Å². The number of benzene rings is 1. The molecule has 33 heavy (non-hydrogen) atoms. The van der Waals surface area contributed by atoms with Crippen molar-refractivity contribution in [2.24, 2.45) is 10.8 Å². The number of Topliss-reactive ketones (excluding diaryl/α,β-unsaturated/α-hetero) is 1. The molecule has 1 unspecified atom stereocenters. The summed E-state index contributed by atoms with van der Waals surface area (Å²) in [5.41, 5.74) is -0.938. The van der Waals surface area contributed by atoms with Gasteiger partial charge >= 0.3 is 0 Å². The van der Waals surface area contributed by atoms with Crippen LogP contribution in [0.3, 0.4) is 0 Å². The minimum Gasteiger partial charge on any atom is -0.497 e. The van der Waals surface area contributed by atoms with Gasteiger partial charge in [0.05, 0.1) is 12.7 Å². The van der Waals surface area contributed by atoms with E-state index in [-0.39, 0.29) is 18.0 Å². The number of methoxy groups -OCH3 is 1. The SMILES string of the molecule is COc1cc(C)c2c(c1)C=CC(C)(CC(=O)C[C@]1(C)CCC[C@]1(C)C(=O)/C=C/C(C)(C)O)O2. The van der Waals surface area contributed by atoms with Crippen LogP contribution >= 0.6 is 0 Å². The Hall–Kier alpha value is -2.40. The topological polar surface area (TPSA) is 72.8 Å². The molecule has 2 aliphatic rings. The maximum atomic E-state index is 13.3. The standard InChI is InChI=1S/C28H38O5/c1-19-15-22(32-7)16-20-9-14-27(5,33-24(19)20)18-21(29)17-26(4)11-8-12-28(26,6)23(30)10-13-25(2,3)31/h9-10,13-16,31H,8,11-12,17-18H2,1-7H3/b13-10+/t26-,27?,28+/m0/s1. The predicted molar refractivity (Wildman–Crippen MR) is 131 cm³/mol. The van der Waals surface area contributed by atoms with Gasteiger partial charge in [0.2, 0.25) is 0 Å². The van der Waals surface area contributed by atoms with Crippen LogP contribution in [0.4, 0.5) is 0 Å². The van der Waals surface area contributed by atoms with Crippen molar-refractivity contribution in [3.8, 4) is 11.5 Å². The summed E-state index contributed by atoms with van der Waals surface area (Å²) in [6.45, 7) is 11.2. The van der Waals surface area contributed by atoms with E-state index in [0.29, 0.717) is 6.42 Å². The Balaban J connectivity index is 1.75. The van der Waals surface area contributed by atoms with Gasteiger partial charge in [0.1, 0.15) is 22.9 Å². The second-order valence-electron chi connectivity index (χ2n) is 11.1. The predicted octanol–water partition coefficient (Wildman–Crippen LogP) is 5.61. The summed E-state index contributed by atoms with van der Waals surface area (Å²) in [5.74, 6) is 1.62. The summed E-state index contributed by atoms with van der Waals surface area (Å²) < 4.78 is 11.7. The van der Waals surface area contributed by atoms with Gasteiger partial charge in [-0.15, -0.1) is 0 Å². The number of hydrogen-bond donors (Lipinski definition) is 1. The molecule has 1 aliphatic carbocycles. The fraction of sp³-hybridized carbons (Fsp3) is 0.571. The lowest BCUT2D eigenvalue weighted by molar-refractivity contribution is -0.132. The van der Waals surface area contributed by atoms with Gasteiger partial charge in [-0.1, -0.05) is 32.4 Å². The van der Waals surface area contributed by atoms with Crippen molar-refractivity contribution in [2.45, 2.75) is 84.8 Å². The lowest BCUT2D eigenvalue weighted by atomic mass is 9.62. The number of ether oxygens (including phenoxy) is 2. The van der Waals surface area contributed by atoms with E-state index in [9.17, 15) is 14.7 Å². The molecular formula is C28H38O5. The van der Waals surface area contributed by atoms with Crippen molar-refractivity contribution < 1.29 is 24.2 Å². The summed E-state index contributed by atoms with van der Waals surface area (Å²) in [7, 11) is 1.64. The summed E-state index contributed by atoms with van der Waals surface area (Å²) in [4.78, 5) is 26.4. The number of allylic oxidation sites excluding steroid dienone is 1. The van der Waals surface area contributed by atoms with E-state index in [1.54, 1.807) is 21.0 Å². The smallest absolute Gasteiger partial charge is 0.161 e. The molecule has 0 radical (unpaired) electrons. The van der Waals surface area contributed by atoms with Crippen molar-refractivity contribution in [1.29, 1.82) is 0 Å². The molecule has 3 atom stereocenters. The molecule has 3 rings (SSSR count). The molecule has 0 amide bonds. The maximum absolute atomic E-state index is 13.3. The first-order valence-electron chi connectivity index (χ1n) is 11.7. The molecule has 5 nitrogen and oxygen atoms in total. The van der Waals surface area contributed by atoms with Gasteiger partial charge in [-0.25, -0.2) is 0 Å². The van der Waals surface area contributed by atoms with Gasteiger partial charge in [0.25, 0.3) is 0 Å². The Labute approximate surface area is 197 Å². The van der Waals surface area contributed by atoms with Crippen LogP contribution in [-0.4, -0.2) is 35.0 Å². The first-order valence-corrected chi connectivity index (χ1v) is 11.7. The molecule has 0 spiro atoms. The number of ketones is 2. The molecule has 0 bridgehead atoms. The van der Waals surface area contributed by atoms with Crippen LogP contribution in [-0.2, 0) is 9.59 Å². The Kier molecular flexibility index (Phi) is 6.69. The Morgan fingerprint density at radius 1 is 1.18 bits per heavy atom. The monoisotopic (exact) mass is 454 g/mol. The molecule has 1 saturated carbocycles. The second-order valence-corrected chi connectivity index (χ2v) is 11.1. The first-order chi connectivity index (χ1) is 15.2. The van der Waals surface area contributed by atoms with Crippen LogP contribution in [0.2, 0.25) is 0 Å². The quantitative estimate of drug-likeness (QED) is 0.517. The lowest BCUT2D eigenvalue weighted by Crippen LogP contribution is -2.42. The Bertz CT molecular complexity index is 998. The highest BCUT2D eigenvalue weighted by atomic mass is 16.5. The zero-order valence-corrected chi connectivity index (χ0v) is 21.1. The van der Waals surface area contributed by atoms with Gasteiger partial charge in [-0.3, -0.25) is 9.59 Å². The summed E-state index contributed by atoms with van der Waals surface area (Å²) in [5, 5.41) is 9.98. The van der Waals surface area contributed by atoms with Gasteiger partial charge in [-0.2, -0.15) is 0 Å². The molecule has 5 heteroatoms. The molecule has 1 aliphatic heterocycles. The molecule has 1 fully saturated rings. The Morgan fingerprint density at radius 2 is 1.88 bits per heavy atom. The van der Waals surface area contributed by atoms with E-state index in [0.717, 1.165) is 41.9 Å². The molecule has 180 valence electrons. The molecule has 1 aromatic carbocycles. The van der Waals surface area contributed by atoms with Crippen LogP contribution in [0.1, 0.15) is 77.8 Å². The van der Waals surface area contributed by atoms with Gasteiger partial charge in [0, 0.05) is 23.8 Å². The third kappa shape index (κ3) is 5.24. The number of fused-ring (bicyclic) bond motifs is 1. The normalized spacial score (nSPS) is 29.1. The third-order valence-corrected chi connectivity index (χ3v) is 7.52. The number of carbonyl (C=O) groups is 2. The zero-order valence-electron chi connectivity index (χ0n) is 21.1. The van der Waals surface area contributed by atoms with E-state index in [4.69, 9.17) is 9.47 Å². The molecule has 1 N–H and O–H groups in total. The number of aliphatic hydroxyl groups is 1. The fourth-order valence-electron chi connectivity index (χ4n) is 5.24. The largest absolute Gasteiger partial charge is 0.497 e. The molecule has 0 aromatic heterocycles. The highest BCUT2D eigenvalue weighted by Crippen LogP contribution is 2.56. The molecule has 1 aromatic rings. The number of carbonyl (C=O) groups excluding carboxylic acids is 2. The van der Waals surface area contributed by atoms with E-state index in [1.165, 1.54) is 12.2 Å². The van der Waals surface area contributed by atoms with Crippen molar-refractivity contribution in [3.05, 3.63) is 41.5 Å². The van der Waals surface area contributed by atoms with Crippen molar-refractivity contribution in [3.63, 3.8) is 0 Å². The highest BCUT2D eigenvalue weighted by molar-refractivity contribution is 5.96. The third-order valence-electron chi connectivity index (χ3n) is 7.52. The van der Waals surface area contributed by atoms with Gasteiger partial charge in [0.15, 0.2) is 5.78 Å². The zero-order chi connectivity index (χ0) is 24.7. The van der Waals surface area contributed by atoms with Gasteiger partial charge in [-0.05, 0) is 75.8 Å². The number of aryl methyl sites for hydroxylation is 1. The van der Waals surface area contributed by atoms with Crippen molar-refractivity contribution in [2.75, 3.05) is 7.11 Å². The lowest BCUT2D eigenvalue weighted by Gasteiger charge is -2.40. The van der Waals surface area contributed by atoms with Crippen LogP contribution in [0, 0.1) is 17.8 Å². The molecular weight excluding hydrogens is 416 g/mol. The maximum Gasteiger partial charge on any atom is 0.161 e. The summed E-state index contributed by atoms with van der Waals surface area (Å²) >= 11 is 0. The Morgan fingerprint density at radius 3 is 2.52 bits per heavy atom. The van der Waals surface area contributed by atoms with Crippen LogP contribution in [0.5, 0.6) is 11.5 Å². The molecule has 0 saturated heterocycles. The van der Waals surface area contributed by atoms with Crippen molar-refractivity contribution in [1.82, 2.24) is 0 Å². The highest BCUT2D eigenvalue weighted by Gasteiger charge is 2.53. The summed E-state index contributed by atoms with van der Waals surface area (Å²) in [6.07, 6.45) is 10.0. The average Bonchev–Trinajstić information content (AvgIpc) is 3.00. The minimum atomic E-state index is -1.05. The van der Waals surface area contributed by atoms with E-state index in [1.807, 2.05) is 45.1 Å². The van der Waals surface area contributed by atoms with Crippen LogP contribution < -0.4 is 9.47 Å². The fourth-order valence-corrected chi connectivity index (χ4v) is 5.24. The van der Waals surface area contributed by atoms with Gasteiger partial charge < -0.3 is 14.6 Å². The average molecular weight is 455 g/mol. The first kappa shape index (κ1) is 25.2. The van der Waals surface area contributed by atoms with Crippen LogP contribution in [0.25, 0.3) is 6.08 Å². The van der Waals surface area contributed by atoms with E-state index < -0.39 is 22.0 Å². The number of rotatable bonds is 8. The second kappa shape index (κ2) is 8.75. The van der Waals surface area contributed by atoms with Crippen molar-refractivity contribution >= 4 is 17.6 Å². The number of hydrogen-bond acceptors (Lipinski definition) is 5. The molecule has 1 heterocycles. The minimum absolute atomic E-state index is 0.0176.